The number of nitrogens with two attached hydrogens (primary N) is 2. The predicted octanol–water partition coefficient (Wildman–Crippen LogP) is 11.7. The summed E-state index contributed by atoms with van der Waals surface area (Å²) in [5.74, 6) is -3.70. The van der Waals surface area contributed by atoms with E-state index in [4.69, 9.17) is 68.8 Å². The van der Waals surface area contributed by atoms with Gasteiger partial charge in [0, 0.05) is 49.0 Å². The molecule has 0 spiro atoms. The first-order valence-electron chi connectivity index (χ1n) is 18.5. The van der Waals surface area contributed by atoms with Crippen LogP contribution >= 0.6 is 42.0 Å². The zero-order valence-corrected chi connectivity index (χ0v) is 42.3. The fraction of sp³-hybridized carbons (Fsp3) is 0.415. The molecule has 0 aliphatic heterocycles. The van der Waals surface area contributed by atoms with Crippen LogP contribution in [0.2, 0.25) is 0 Å². The van der Waals surface area contributed by atoms with Crippen molar-refractivity contribution < 1.29 is 81.6 Å². The number of nitrogens with zero attached hydrogens (tertiary/aromatic N) is 2. The van der Waals surface area contributed by atoms with Crippen LogP contribution < -0.4 is 5.32 Å². The summed E-state index contributed by atoms with van der Waals surface area (Å²) in [5.41, 5.74) is 20.4. The smallest absolute Gasteiger partial charge is 0.693 e. The summed E-state index contributed by atoms with van der Waals surface area (Å²) in [6, 6.07) is 17.9. The molecule has 2 atom stereocenters. The van der Waals surface area contributed by atoms with E-state index in [1.165, 1.54) is 40.3 Å². The van der Waals surface area contributed by atoms with Gasteiger partial charge in [0.1, 0.15) is 0 Å². The minimum atomic E-state index is -1.29. The van der Waals surface area contributed by atoms with Gasteiger partial charge in [-0.25, -0.2) is 4.79 Å². The van der Waals surface area contributed by atoms with Crippen LogP contribution in [0, 0.1) is 21.0 Å². The Morgan fingerprint density at radius 2 is 1.22 bits per heavy atom. The van der Waals surface area contributed by atoms with Gasteiger partial charge in [-0.05, 0) is 61.9 Å². The molecule has 5 rings (SSSR count). The molecule has 2 aromatic heterocycles. The molecule has 0 radical (unpaired) electrons. The van der Waals surface area contributed by atoms with E-state index in [1.54, 1.807) is 0 Å². The normalized spacial score (nSPS) is 13.2. The number of carboxylic acids is 3. The first kappa shape index (κ1) is 66.6. The number of ether oxygens (including phenoxy) is 1. The number of aromatic nitrogens is 2. The first-order chi connectivity index (χ1) is 28.5. The molecule has 1 fully saturated rings. The number of carbonyl (C=O) groups excluding carboxylic acids is 2. The van der Waals surface area contributed by atoms with Crippen LogP contribution in [0.3, 0.4) is 0 Å². The van der Waals surface area contributed by atoms with Crippen molar-refractivity contribution in [2.24, 2.45) is 0 Å². The fourth-order valence-electron chi connectivity index (χ4n) is 5.26. The second-order valence-electron chi connectivity index (χ2n) is 12.8. The van der Waals surface area contributed by atoms with Crippen LogP contribution in [0.15, 0.2) is 67.0 Å². The molecular weight excluding hydrogens is 1270 g/mol. The summed E-state index contributed by atoms with van der Waals surface area (Å²) < 4.78 is 4.16. The van der Waals surface area contributed by atoms with Gasteiger partial charge in [-0.2, -0.15) is 19.2 Å². The van der Waals surface area contributed by atoms with E-state index in [0.717, 1.165) is 36.7 Å². The van der Waals surface area contributed by atoms with E-state index in [1.807, 2.05) is 54.9 Å². The number of hydrogen-bond donors (Lipinski definition) is 4. The molecule has 63 heavy (non-hydrogen) atoms. The number of hydrogen-bond acceptors (Lipinski definition) is 8. The fourth-order valence-corrected chi connectivity index (χ4v) is 5.26. The van der Waals surface area contributed by atoms with E-state index in [-0.39, 0.29) is 77.0 Å². The van der Waals surface area contributed by atoms with Crippen LogP contribution in [-0.4, -0.2) is 78.5 Å². The van der Waals surface area contributed by atoms with E-state index in [2.05, 4.69) is 53.1 Å². The van der Waals surface area contributed by atoms with Crippen molar-refractivity contribution in [3.8, 4) is 0 Å². The Kier molecular flexibility index (Phi) is 42.8. The molecule has 22 heteroatoms. The molecule has 1 aliphatic carbocycles. The third-order valence-corrected chi connectivity index (χ3v) is 8.84. The molecule has 0 bridgehead atoms. The Labute approximate surface area is 410 Å². The molecule has 0 saturated heterocycles. The largest absolute Gasteiger partial charge is 2.00 e. The number of alkyl halides is 2. The molecule has 4 aromatic rings. The third kappa shape index (κ3) is 31.5. The van der Waals surface area contributed by atoms with Gasteiger partial charge < -0.3 is 49.1 Å². The number of nitrogens with one attached hydrogen (secondary N) is 3. The average molecular weight is 1320 g/mol. The summed E-state index contributed by atoms with van der Waals surface area (Å²) in [7, 11) is 12.7. The monoisotopic (exact) mass is 1320 g/mol. The predicted molar refractivity (Wildman–Crippen MR) is 244 cm³/mol. The Balaban J connectivity index is -0.000000347. The Morgan fingerprint density at radius 1 is 0.778 bits per heavy atom. The van der Waals surface area contributed by atoms with Crippen molar-refractivity contribution in [1.82, 2.24) is 15.3 Å². The summed E-state index contributed by atoms with van der Waals surface area (Å²) in [5, 5.41) is 29.3. The number of pyridine rings is 2. The number of amides is 1. The van der Waals surface area contributed by atoms with Gasteiger partial charge in [0.15, 0.2) is 0 Å². The molecule has 2 heterocycles. The van der Waals surface area contributed by atoms with E-state index in [9.17, 15) is 24.0 Å². The first-order valence-corrected chi connectivity index (χ1v) is 25.0. The molecule has 2 aromatic carbocycles. The van der Waals surface area contributed by atoms with Gasteiger partial charge >= 0.3 is 74.3 Å². The SMILES string of the molecule is Cc1c(C)c2cccnc2c2ncccc12.O=C(O)C(Cl)Cl.O=C(O)CCCc1ccccc1.[CH2-]OC(=O)CCCNC(=O)CCC(=O)O.[Cl][Pt][Cl].[NH-][C@H]1CCCC[C@@H]1[NH-].[NH2-].[NH2-].[Pt+2]. The number of carbonyl (C=O) groups is 5. The Morgan fingerprint density at radius 3 is 1.60 bits per heavy atom. The van der Waals surface area contributed by atoms with Crippen molar-refractivity contribution >= 4 is 93.6 Å². The second kappa shape index (κ2) is 40.5. The van der Waals surface area contributed by atoms with Gasteiger partial charge in [-0.3, -0.25) is 29.1 Å². The zero-order chi connectivity index (χ0) is 45.5. The van der Waals surface area contributed by atoms with Crippen molar-refractivity contribution in [3.05, 3.63) is 115 Å². The van der Waals surface area contributed by atoms with Gasteiger partial charge in [-0.15, -0.1) is 0 Å². The molecule has 360 valence electrons. The number of halogens is 4. The number of benzene rings is 2. The van der Waals surface area contributed by atoms with Crippen molar-refractivity contribution in [2.75, 3.05) is 6.54 Å². The van der Waals surface area contributed by atoms with Crippen LogP contribution in [-0.2, 0) is 72.7 Å². The third-order valence-electron chi connectivity index (χ3n) is 8.47. The quantitative estimate of drug-likeness (QED) is 0.0340. The maximum absolute atomic E-state index is 11.0. The Bertz CT molecular complexity index is 1820. The zero-order valence-electron chi connectivity index (χ0n) is 34.8. The number of fused-ring (bicyclic) bond motifs is 3. The molecular formula is C41H56Cl4N7O9Pt2-3. The number of carboxylic acid groups (broad SMARTS) is 3. The molecule has 16 nitrogen and oxygen atoms in total. The summed E-state index contributed by atoms with van der Waals surface area (Å²) in [4.78, 5) is 58.9. The van der Waals surface area contributed by atoms with Crippen molar-refractivity contribution in [1.29, 1.82) is 0 Å². The number of aryl methyl sites for hydroxylation is 3. The number of esters is 1. The summed E-state index contributed by atoms with van der Waals surface area (Å²) >= 11 is 9.08. The van der Waals surface area contributed by atoms with E-state index < -0.39 is 45.2 Å². The molecule has 1 aliphatic rings. The molecule has 0 unspecified atom stereocenters. The van der Waals surface area contributed by atoms with E-state index >= 15 is 0 Å². The minimum absolute atomic E-state index is 0. The molecule has 1 amide bonds. The average Bonchev–Trinajstić information content (AvgIpc) is 3.23. The van der Waals surface area contributed by atoms with Crippen LogP contribution in [0.25, 0.3) is 45.6 Å². The number of rotatable bonds is 12. The van der Waals surface area contributed by atoms with Crippen molar-refractivity contribution in [3.63, 3.8) is 0 Å². The van der Waals surface area contributed by atoms with E-state index in [0.29, 0.717) is 13.0 Å². The summed E-state index contributed by atoms with van der Waals surface area (Å²) in [6.07, 6.45) is 10.1. The maximum atomic E-state index is 11.0. The van der Waals surface area contributed by atoms with Crippen LogP contribution in [0.5, 0.6) is 0 Å². The maximum Gasteiger partial charge on any atom is 2.00 e. The second-order valence-corrected chi connectivity index (χ2v) is 17.2. The standard InChI is InChI=1S/C14H12N2.C10H12O2.C9H14NO5.C6H12N2.C2H2Cl2O2.2ClH.2H2N.2Pt/c1-9-10(2)12-6-4-8-16-14(12)13-11(9)5-3-7-15-13;11-10(12)8-4-7-9-5-2-1-3-6-9;1-15-9(14)3-2-6-10-7(11)4-5-8(12)13;7-5-3-1-2-4-6(5)8;3-1(4)2(5)6;;;;;;/h3-8H,1-2H3;1-3,5-6H,4,7-8H2,(H,11,12);1-6H2,(H,10,11)(H,12,13);5-8H,1-4H2;1H,(H,5,6);2*1H;2*1H2;;/q;;-1;-2;;;;2*-1;2*+2/p-2/t;;;5-,6-;;;;;;;/m...0......./s1. The van der Waals surface area contributed by atoms with Gasteiger partial charge in [0.05, 0.1) is 17.5 Å². The van der Waals surface area contributed by atoms with Crippen molar-refractivity contribution in [2.45, 2.75) is 101 Å². The summed E-state index contributed by atoms with van der Waals surface area (Å²) in [6.45, 7) is 4.62. The van der Waals surface area contributed by atoms with Crippen LogP contribution in [0.1, 0.15) is 80.9 Å². The Hall–Kier alpha value is -3.01. The molecule has 10 N–H and O–H groups in total. The van der Waals surface area contributed by atoms with Crippen LogP contribution in [0.4, 0.5) is 0 Å². The van der Waals surface area contributed by atoms with Gasteiger partial charge in [-0.1, -0.05) is 91.3 Å². The minimum Gasteiger partial charge on any atom is -0.693 e. The van der Waals surface area contributed by atoms with Gasteiger partial charge in [0.2, 0.25) is 10.7 Å². The molecule has 1 saturated carbocycles. The van der Waals surface area contributed by atoms with Gasteiger partial charge in [0.25, 0.3) is 5.97 Å². The topological polar surface area (TPSA) is 308 Å². The number of aliphatic carboxylic acids is 3.